The fourth-order valence-electron chi connectivity index (χ4n) is 2.05. The van der Waals surface area contributed by atoms with Gasteiger partial charge in [0.1, 0.15) is 5.82 Å². The van der Waals surface area contributed by atoms with Gasteiger partial charge >= 0.3 is 6.18 Å². The summed E-state index contributed by atoms with van der Waals surface area (Å²) in [5, 5.41) is 2.89. The second kappa shape index (κ2) is 6.05. The third-order valence-electron chi connectivity index (χ3n) is 3.03. The van der Waals surface area contributed by atoms with Gasteiger partial charge in [-0.05, 0) is 52.7 Å². The summed E-state index contributed by atoms with van der Waals surface area (Å²) in [5.41, 5.74) is -0.182. The van der Waals surface area contributed by atoms with Crippen molar-refractivity contribution in [2.24, 2.45) is 0 Å². The van der Waals surface area contributed by atoms with Gasteiger partial charge in [-0.15, -0.1) is 0 Å². The van der Waals surface area contributed by atoms with Crippen molar-refractivity contribution in [3.8, 4) is 0 Å². The van der Waals surface area contributed by atoms with Crippen LogP contribution in [0.2, 0.25) is 0 Å². The van der Waals surface area contributed by atoms with Crippen LogP contribution in [0.15, 0.2) is 46.9 Å². The fourth-order valence-corrected chi connectivity index (χ4v) is 2.41. The van der Waals surface area contributed by atoms with Crippen LogP contribution in [0.3, 0.4) is 0 Å². The highest BCUT2D eigenvalue weighted by atomic mass is 79.9. The maximum atomic E-state index is 13.2. The van der Waals surface area contributed by atoms with E-state index in [1.54, 1.807) is 13.0 Å². The summed E-state index contributed by atoms with van der Waals surface area (Å²) in [5.74, 6) is -0.461. The zero-order valence-corrected chi connectivity index (χ0v) is 12.6. The van der Waals surface area contributed by atoms with Gasteiger partial charge in [-0.1, -0.05) is 18.2 Å². The van der Waals surface area contributed by atoms with E-state index in [1.807, 2.05) is 0 Å². The van der Waals surface area contributed by atoms with E-state index in [4.69, 9.17) is 0 Å². The Labute approximate surface area is 128 Å². The molecule has 0 bridgehead atoms. The monoisotopic (exact) mass is 361 g/mol. The lowest BCUT2D eigenvalue weighted by Crippen LogP contribution is -2.15. The average molecular weight is 362 g/mol. The number of anilines is 1. The normalized spacial score (nSPS) is 13.0. The first-order chi connectivity index (χ1) is 9.79. The van der Waals surface area contributed by atoms with Crippen LogP contribution in [0.4, 0.5) is 23.2 Å². The molecule has 1 unspecified atom stereocenters. The van der Waals surface area contributed by atoms with E-state index in [-0.39, 0.29) is 5.56 Å². The molecule has 0 heterocycles. The molecule has 21 heavy (non-hydrogen) atoms. The van der Waals surface area contributed by atoms with Gasteiger partial charge in [-0.25, -0.2) is 4.39 Å². The van der Waals surface area contributed by atoms with Crippen molar-refractivity contribution in [1.29, 1.82) is 0 Å². The maximum Gasteiger partial charge on any atom is 0.416 e. The predicted molar refractivity (Wildman–Crippen MR) is 77.6 cm³/mol. The summed E-state index contributed by atoms with van der Waals surface area (Å²) >= 11 is 3.24. The molecule has 0 fully saturated rings. The smallest absolute Gasteiger partial charge is 0.378 e. The molecular formula is C15H12BrF4N. The van der Waals surface area contributed by atoms with Gasteiger partial charge in [0, 0.05) is 10.5 Å². The summed E-state index contributed by atoms with van der Waals surface area (Å²) in [6.45, 7) is 1.60. The molecule has 2 rings (SSSR count). The van der Waals surface area contributed by atoms with Gasteiger partial charge in [0.15, 0.2) is 0 Å². The highest BCUT2D eigenvalue weighted by Gasteiger charge is 2.34. The Morgan fingerprint density at radius 2 is 1.76 bits per heavy atom. The fraction of sp³-hybridized carbons (Fsp3) is 0.200. The average Bonchev–Trinajstić information content (AvgIpc) is 2.42. The second-order valence-electron chi connectivity index (χ2n) is 4.58. The van der Waals surface area contributed by atoms with Gasteiger partial charge in [-0.2, -0.15) is 13.2 Å². The molecule has 1 atom stereocenters. The van der Waals surface area contributed by atoms with E-state index in [0.29, 0.717) is 10.2 Å². The Morgan fingerprint density at radius 3 is 2.43 bits per heavy atom. The van der Waals surface area contributed by atoms with Crippen LogP contribution in [0.25, 0.3) is 0 Å². The Hall–Kier alpha value is -1.56. The molecule has 6 heteroatoms. The van der Waals surface area contributed by atoms with Crippen LogP contribution in [0.5, 0.6) is 0 Å². The molecule has 0 saturated heterocycles. The van der Waals surface area contributed by atoms with Gasteiger partial charge in [0.05, 0.1) is 11.3 Å². The molecule has 0 saturated carbocycles. The standard InChI is InChI=1S/C15H12BrF4N/c1-9(21-14-8-10(17)6-7-13(14)16)11-4-2-3-5-12(11)15(18,19)20/h2-9,21H,1H3. The molecule has 0 aliphatic rings. The van der Waals surface area contributed by atoms with Gasteiger partial charge in [-0.3, -0.25) is 0 Å². The summed E-state index contributed by atoms with van der Waals surface area (Å²) in [6.07, 6.45) is -4.42. The molecule has 0 radical (unpaired) electrons. The lowest BCUT2D eigenvalue weighted by molar-refractivity contribution is -0.138. The topological polar surface area (TPSA) is 12.0 Å². The third-order valence-corrected chi connectivity index (χ3v) is 3.72. The molecular weight excluding hydrogens is 350 g/mol. The van der Waals surface area contributed by atoms with Crippen LogP contribution >= 0.6 is 15.9 Å². The van der Waals surface area contributed by atoms with Crippen molar-refractivity contribution in [1.82, 2.24) is 0 Å². The Morgan fingerprint density at radius 1 is 1.10 bits per heavy atom. The summed E-state index contributed by atoms with van der Waals surface area (Å²) in [7, 11) is 0. The quantitative estimate of drug-likeness (QED) is 0.683. The lowest BCUT2D eigenvalue weighted by Gasteiger charge is -2.21. The van der Waals surface area contributed by atoms with Crippen molar-refractivity contribution in [2.75, 3.05) is 5.32 Å². The number of halogens is 5. The first-order valence-corrected chi connectivity index (χ1v) is 6.96. The van der Waals surface area contributed by atoms with E-state index >= 15 is 0 Å². The van der Waals surface area contributed by atoms with E-state index in [2.05, 4.69) is 21.2 Å². The molecule has 0 spiro atoms. The van der Waals surface area contributed by atoms with Crippen molar-refractivity contribution in [3.05, 3.63) is 63.9 Å². The summed E-state index contributed by atoms with van der Waals surface area (Å²) in [6, 6.07) is 8.71. The first-order valence-electron chi connectivity index (χ1n) is 6.16. The largest absolute Gasteiger partial charge is 0.416 e. The van der Waals surface area contributed by atoms with E-state index in [0.717, 1.165) is 6.07 Å². The maximum absolute atomic E-state index is 13.2. The number of benzene rings is 2. The van der Waals surface area contributed by atoms with Crippen LogP contribution in [-0.2, 0) is 6.18 Å². The highest BCUT2D eigenvalue weighted by molar-refractivity contribution is 9.10. The number of hydrogen-bond acceptors (Lipinski definition) is 1. The zero-order chi connectivity index (χ0) is 15.6. The molecule has 0 aromatic heterocycles. The van der Waals surface area contributed by atoms with Gasteiger partial charge in [0.25, 0.3) is 0 Å². The second-order valence-corrected chi connectivity index (χ2v) is 5.43. The number of hydrogen-bond donors (Lipinski definition) is 1. The van der Waals surface area contributed by atoms with Gasteiger partial charge < -0.3 is 5.32 Å². The van der Waals surface area contributed by atoms with Crippen LogP contribution in [0, 0.1) is 5.82 Å². The Bertz CT molecular complexity index is 640. The zero-order valence-electron chi connectivity index (χ0n) is 11.0. The minimum atomic E-state index is -4.42. The van der Waals surface area contributed by atoms with Crippen LogP contribution in [0.1, 0.15) is 24.1 Å². The van der Waals surface area contributed by atoms with E-state index in [9.17, 15) is 17.6 Å². The van der Waals surface area contributed by atoms with Crippen molar-refractivity contribution < 1.29 is 17.6 Å². The first kappa shape index (κ1) is 15.8. The van der Waals surface area contributed by atoms with Crippen molar-refractivity contribution >= 4 is 21.6 Å². The molecule has 2 aromatic carbocycles. The number of nitrogens with one attached hydrogen (secondary N) is 1. The minimum Gasteiger partial charge on any atom is -0.378 e. The summed E-state index contributed by atoms with van der Waals surface area (Å²) < 4.78 is 52.8. The highest BCUT2D eigenvalue weighted by Crippen LogP contribution is 2.36. The predicted octanol–water partition coefficient (Wildman–Crippen LogP) is 5.78. The number of rotatable bonds is 3. The van der Waals surface area contributed by atoms with Crippen LogP contribution < -0.4 is 5.32 Å². The molecule has 1 N–H and O–H groups in total. The van der Waals surface area contributed by atoms with Crippen molar-refractivity contribution in [3.63, 3.8) is 0 Å². The molecule has 2 aromatic rings. The number of alkyl halides is 3. The van der Waals surface area contributed by atoms with E-state index in [1.165, 1.54) is 30.3 Å². The molecule has 1 nitrogen and oxygen atoms in total. The van der Waals surface area contributed by atoms with E-state index < -0.39 is 23.6 Å². The SMILES string of the molecule is CC(Nc1cc(F)ccc1Br)c1ccccc1C(F)(F)F. The van der Waals surface area contributed by atoms with Crippen molar-refractivity contribution in [2.45, 2.75) is 19.1 Å². The van der Waals surface area contributed by atoms with Gasteiger partial charge in [0.2, 0.25) is 0 Å². The molecule has 0 aliphatic heterocycles. The summed E-state index contributed by atoms with van der Waals surface area (Å²) in [4.78, 5) is 0. The third kappa shape index (κ3) is 3.75. The van der Waals surface area contributed by atoms with Crippen LogP contribution in [-0.4, -0.2) is 0 Å². The molecule has 112 valence electrons. The Kier molecular flexibility index (Phi) is 4.56. The Balaban J connectivity index is 2.33. The molecule has 0 aliphatic carbocycles. The lowest BCUT2D eigenvalue weighted by atomic mass is 10.0. The minimum absolute atomic E-state index is 0.112. The molecule has 0 amide bonds.